The molecule has 0 bridgehead atoms. The predicted octanol–water partition coefficient (Wildman–Crippen LogP) is 3.98. The van der Waals surface area contributed by atoms with Crippen LogP contribution in [0.4, 0.5) is 8.78 Å². The smallest absolute Gasteiger partial charge is 0.338 e. The van der Waals surface area contributed by atoms with Gasteiger partial charge in [-0.05, 0) is 38.9 Å². The Morgan fingerprint density at radius 3 is 2.77 bits per heavy atom. The van der Waals surface area contributed by atoms with E-state index in [0.717, 1.165) is 32.0 Å². The number of halogens is 3. The number of hydrogen-bond acceptors (Lipinski definition) is 7. The van der Waals surface area contributed by atoms with Gasteiger partial charge >= 0.3 is 5.97 Å². The number of hydrogen-bond donors (Lipinski definition) is 2. The molecule has 164 valence electrons. The van der Waals surface area contributed by atoms with Gasteiger partial charge in [-0.15, -0.1) is 11.3 Å². The number of carbonyl (C=O) groups excluding carboxylic acids is 1. The monoisotopic (exact) mass is 466 g/mol. The van der Waals surface area contributed by atoms with Gasteiger partial charge in [0, 0.05) is 28.8 Å². The summed E-state index contributed by atoms with van der Waals surface area (Å²) in [6.45, 7) is 3.48. The minimum Gasteiger partial charge on any atom is -0.463 e. The van der Waals surface area contributed by atoms with E-state index in [0.29, 0.717) is 16.5 Å². The zero-order chi connectivity index (χ0) is 22.0. The Hall–Kier alpha value is -2.36. The summed E-state index contributed by atoms with van der Waals surface area (Å²) in [5.41, 5.74) is 1.14. The molecule has 0 spiro atoms. The Kier molecular flexibility index (Phi) is 6.64. The van der Waals surface area contributed by atoms with E-state index >= 15 is 0 Å². The van der Waals surface area contributed by atoms with Crippen LogP contribution in [0.3, 0.4) is 0 Å². The van der Waals surface area contributed by atoms with E-state index in [1.165, 1.54) is 17.4 Å². The van der Waals surface area contributed by atoms with Gasteiger partial charge in [0.1, 0.15) is 6.04 Å². The van der Waals surface area contributed by atoms with Crippen LogP contribution in [-0.4, -0.2) is 36.5 Å². The number of benzene rings is 1. The third-order valence-corrected chi connectivity index (χ3v) is 6.48. The van der Waals surface area contributed by atoms with Crippen molar-refractivity contribution in [3.8, 4) is 0 Å². The van der Waals surface area contributed by atoms with Crippen molar-refractivity contribution in [1.29, 1.82) is 0 Å². The predicted molar refractivity (Wildman–Crippen MR) is 115 cm³/mol. The van der Waals surface area contributed by atoms with Gasteiger partial charge in [0.2, 0.25) is 0 Å². The third kappa shape index (κ3) is 4.35. The molecule has 0 saturated carbocycles. The molecule has 0 amide bonds. The van der Waals surface area contributed by atoms with Crippen molar-refractivity contribution >= 4 is 34.7 Å². The van der Waals surface area contributed by atoms with Crippen LogP contribution in [-0.2, 0) is 9.53 Å². The minimum atomic E-state index is -1.17. The van der Waals surface area contributed by atoms with Crippen molar-refractivity contribution in [2.24, 2.45) is 10.9 Å². The molecule has 4 rings (SSSR count). The fourth-order valence-electron chi connectivity index (χ4n) is 3.86. The summed E-state index contributed by atoms with van der Waals surface area (Å²) in [5, 5.41) is 8.64. The molecule has 0 aliphatic carbocycles. The molecule has 1 aromatic carbocycles. The van der Waals surface area contributed by atoms with Crippen LogP contribution < -0.4 is 10.6 Å². The summed E-state index contributed by atoms with van der Waals surface area (Å²) >= 11 is 7.57. The Balaban J connectivity index is 1.90. The number of esters is 1. The number of ether oxygens (including phenoxy) is 1. The maximum Gasteiger partial charge on any atom is 0.338 e. The molecule has 10 heteroatoms. The van der Waals surface area contributed by atoms with Crippen LogP contribution in [0.25, 0.3) is 0 Å². The largest absolute Gasteiger partial charge is 0.463 e. The fraction of sp³-hybridized carbons (Fsp3) is 0.381. The highest BCUT2D eigenvalue weighted by molar-refractivity contribution is 7.11. The molecule has 2 aliphatic rings. The molecule has 1 fully saturated rings. The summed E-state index contributed by atoms with van der Waals surface area (Å²) in [6, 6.07) is 1.40. The van der Waals surface area contributed by atoms with Crippen molar-refractivity contribution < 1.29 is 18.3 Å². The first-order chi connectivity index (χ1) is 15.0. The number of thiazole rings is 1. The van der Waals surface area contributed by atoms with Gasteiger partial charge in [0.05, 0.1) is 17.2 Å². The average Bonchev–Trinajstić information content (AvgIpc) is 3.32. The lowest BCUT2D eigenvalue weighted by Crippen LogP contribution is -2.40. The van der Waals surface area contributed by atoms with E-state index < -0.39 is 28.7 Å². The Bertz CT molecular complexity index is 1040. The zero-order valence-corrected chi connectivity index (χ0v) is 18.3. The molecule has 1 unspecified atom stereocenters. The molecular formula is C21H21ClF2N4O2S. The highest BCUT2D eigenvalue weighted by Crippen LogP contribution is 2.40. The first-order valence-corrected chi connectivity index (χ1v) is 11.3. The molecule has 2 aromatic rings. The van der Waals surface area contributed by atoms with E-state index in [4.69, 9.17) is 16.3 Å². The van der Waals surface area contributed by atoms with Gasteiger partial charge in [-0.1, -0.05) is 17.7 Å². The van der Waals surface area contributed by atoms with Gasteiger partial charge in [0.25, 0.3) is 0 Å². The zero-order valence-electron chi connectivity index (χ0n) is 16.8. The van der Waals surface area contributed by atoms with Crippen LogP contribution in [0.1, 0.15) is 36.4 Å². The summed E-state index contributed by atoms with van der Waals surface area (Å²) in [4.78, 5) is 22.0. The molecule has 31 heavy (non-hydrogen) atoms. The number of carbonyl (C=O) groups is 1. The average molecular weight is 467 g/mol. The Morgan fingerprint density at radius 2 is 2.10 bits per heavy atom. The maximum atomic E-state index is 14.3. The van der Waals surface area contributed by atoms with Crippen LogP contribution in [0.15, 0.2) is 40.0 Å². The molecule has 6 nitrogen and oxygen atoms in total. The minimum absolute atomic E-state index is 0.0395. The number of allylic oxidation sites excluding steroid dienone is 1. The maximum absolute atomic E-state index is 14.3. The topological polar surface area (TPSA) is 75.6 Å². The van der Waals surface area contributed by atoms with Crippen molar-refractivity contribution in [2.75, 3.05) is 19.7 Å². The fourth-order valence-corrected chi connectivity index (χ4v) is 4.70. The summed E-state index contributed by atoms with van der Waals surface area (Å²) in [5.74, 6) is -2.29. The highest BCUT2D eigenvalue weighted by Gasteiger charge is 2.37. The molecule has 2 aliphatic heterocycles. The molecule has 1 atom stereocenters. The molecule has 2 N–H and O–H groups in total. The van der Waals surface area contributed by atoms with Gasteiger partial charge in [-0.25, -0.2) is 18.6 Å². The van der Waals surface area contributed by atoms with Crippen molar-refractivity contribution in [1.82, 2.24) is 15.6 Å². The SMILES string of the molecule is CCOC(=O)C1=C(C2CCNCC2)NC(c2nccs2)=NC1c1ccc(F)c(F)c1Cl. The van der Waals surface area contributed by atoms with Gasteiger partial charge < -0.3 is 15.4 Å². The van der Waals surface area contributed by atoms with Crippen LogP contribution in [0.5, 0.6) is 0 Å². The normalized spacial score (nSPS) is 19.7. The van der Waals surface area contributed by atoms with E-state index in [-0.39, 0.29) is 23.7 Å². The Morgan fingerprint density at radius 1 is 1.32 bits per heavy atom. The number of rotatable bonds is 5. The quantitative estimate of drug-likeness (QED) is 0.515. The van der Waals surface area contributed by atoms with Gasteiger partial charge in [0.15, 0.2) is 22.5 Å². The van der Waals surface area contributed by atoms with E-state index in [1.807, 2.05) is 5.38 Å². The van der Waals surface area contributed by atoms with Crippen molar-refractivity contribution in [3.63, 3.8) is 0 Å². The Labute approximate surface area is 187 Å². The van der Waals surface area contributed by atoms with Crippen LogP contribution in [0, 0.1) is 17.6 Å². The van der Waals surface area contributed by atoms with E-state index in [1.54, 1.807) is 13.1 Å². The van der Waals surface area contributed by atoms with Crippen molar-refractivity contribution in [2.45, 2.75) is 25.8 Å². The molecule has 3 heterocycles. The van der Waals surface area contributed by atoms with Gasteiger partial charge in [-0.2, -0.15) is 0 Å². The summed E-state index contributed by atoms with van der Waals surface area (Å²) in [7, 11) is 0. The number of piperidine rings is 1. The summed E-state index contributed by atoms with van der Waals surface area (Å²) in [6.07, 6.45) is 3.25. The van der Waals surface area contributed by atoms with Crippen LogP contribution in [0.2, 0.25) is 5.02 Å². The molecular weight excluding hydrogens is 446 g/mol. The van der Waals surface area contributed by atoms with E-state index in [9.17, 15) is 13.6 Å². The molecule has 1 aromatic heterocycles. The lowest BCUT2D eigenvalue weighted by Gasteiger charge is -2.33. The third-order valence-electron chi connectivity index (χ3n) is 5.31. The van der Waals surface area contributed by atoms with Crippen LogP contribution >= 0.6 is 22.9 Å². The highest BCUT2D eigenvalue weighted by atomic mass is 35.5. The second-order valence-corrected chi connectivity index (χ2v) is 8.45. The lowest BCUT2D eigenvalue weighted by atomic mass is 9.86. The number of amidine groups is 1. The second-order valence-electron chi connectivity index (χ2n) is 7.18. The van der Waals surface area contributed by atoms with Gasteiger partial charge in [-0.3, -0.25) is 4.99 Å². The molecule has 1 saturated heterocycles. The number of nitrogens with zero attached hydrogens (tertiary/aromatic N) is 2. The second kappa shape index (κ2) is 9.42. The van der Waals surface area contributed by atoms with E-state index in [2.05, 4.69) is 20.6 Å². The van der Waals surface area contributed by atoms with Crippen molar-refractivity contribution in [3.05, 3.63) is 62.2 Å². The standard InChI is InChI=1S/C21H21ClF2N4O2S/c1-2-30-21(29)14-17(11-5-7-25-8-6-11)27-19(20-26-9-10-31-20)28-18(14)12-3-4-13(23)16(24)15(12)22/h3-4,9-11,18,25H,2,5-8H2,1H3,(H,27,28). The number of nitrogens with one attached hydrogen (secondary N) is 2. The molecule has 0 radical (unpaired) electrons. The first kappa shape index (κ1) is 21.9. The lowest BCUT2D eigenvalue weighted by molar-refractivity contribution is -0.139. The first-order valence-electron chi connectivity index (χ1n) is 10.0. The summed E-state index contributed by atoms with van der Waals surface area (Å²) < 4.78 is 33.4. The number of aromatic nitrogens is 1. The number of aliphatic imine (C=N–C) groups is 1.